The first-order chi connectivity index (χ1) is 12.9. The standard InChI is InChI=1S/C19H23NO7/c1-5-26-16(21)9-20-8-13-11(18(20)22)6-15-12(17(13)24-3)7-14(27-15)10(2)19(23)25-4/h6,10,14H,5,7-9H2,1-4H3/t10-,14+/m1/s1. The Morgan fingerprint density at radius 2 is 2.07 bits per heavy atom. The van der Waals surface area contributed by atoms with Crippen LogP contribution in [0.4, 0.5) is 0 Å². The Morgan fingerprint density at radius 3 is 2.70 bits per heavy atom. The van der Waals surface area contributed by atoms with Crippen molar-refractivity contribution in [3.63, 3.8) is 0 Å². The normalized spacial score (nSPS) is 18.4. The average molecular weight is 377 g/mol. The van der Waals surface area contributed by atoms with Crippen LogP contribution in [0.15, 0.2) is 6.07 Å². The van der Waals surface area contributed by atoms with E-state index in [4.69, 9.17) is 18.9 Å². The van der Waals surface area contributed by atoms with Crippen molar-refractivity contribution in [2.45, 2.75) is 32.9 Å². The molecule has 1 aromatic rings. The van der Waals surface area contributed by atoms with E-state index in [1.807, 2.05) is 0 Å². The van der Waals surface area contributed by atoms with Crippen LogP contribution in [-0.4, -0.2) is 56.2 Å². The summed E-state index contributed by atoms with van der Waals surface area (Å²) < 4.78 is 21.2. The van der Waals surface area contributed by atoms with Gasteiger partial charge in [-0.05, 0) is 19.9 Å². The molecule has 0 aromatic heterocycles. The second kappa shape index (κ2) is 7.46. The quantitative estimate of drug-likeness (QED) is 0.691. The maximum Gasteiger partial charge on any atom is 0.325 e. The Labute approximate surface area is 157 Å². The van der Waals surface area contributed by atoms with Gasteiger partial charge in [-0.2, -0.15) is 0 Å². The molecule has 3 rings (SSSR count). The molecule has 8 nitrogen and oxygen atoms in total. The number of methoxy groups -OCH3 is 2. The minimum Gasteiger partial charge on any atom is -0.496 e. The van der Waals surface area contributed by atoms with Crippen molar-refractivity contribution in [1.29, 1.82) is 0 Å². The summed E-state index contributed by atoms with van der Waals surface area (Å²) in [4.78, 5) is 37.7. The van der Waals surface area contributed by atoms with Crippen LogP contribution in [-0.2, 0) is 32.0 Å². The molecule has 0 unspecified atom stereocenters. The molecule has 27 heavy (non-hydrogen) atoms. The van der Waals surface area contributed by atoms with E-state index < -0.39 is 11.9 Å². The molecular formula is C19H23NO7. The smallest absolute Gasteiger partial charge is 0.325 e. The van der Waals surface area contributed by atoms with Crippen LogP contribution < -0.4 is 9.47 Å². The molecule has 2 heterocycles. The lowest BCUT2D eigenvalue weighted by Gasteiger charge is -2.16. The van der Waals surface area contributed by atoms with E-state index in [1.165, 1.54) is 19.1 Å². The maximum absolute atomic E-state index is 12.7. The molecule has 0 bridgehead atoms. The third-order valence-corrected chi connectivity index (χ3v) is 4.96. The highest BCUT2D eigenvalue weighted by Crippen LogP contribution is 2.44. The molecule has 2 atom stereocenters. The average Bonchev–Trinajstić information content (AvgIpc) is 3.20. The monoisotopic (exact) mass is 377 g/mol. The van der Waals surface area contributed by atoms with E-state index in [0.717, 1.165) is 11.1 Å². The van der Waals surface area contributed by atoms with E-state index in [-0.39, 0.29) is 37.7 Å². The van der Waals surface area contributed by atoms with Gasteiger partial charge in [-0.1, -0.05) is 0 Å². The molecule has 0 saturated carbocycles. The second-order valence-corrected chi connectivity index (χ2v) is 6.55. The van der Waals surface area contributed by atoms with Crippen molar-refractivity contribution in [3.05, 3.63) is 22.8 Å². The Morgan fingerprint density at radius 1 is 1.33 bits per heavy atom. The summed E-state index contributed by atoms with van der Waals surface area (Å²) in [7, 11) is 2.87. The van der Waals surface area contributed by atoms with Gasteiger partial charge in [-0.25, -0.2) is 0 Å². The molecule has 0 spiro atoms. The van der Waals surface area contributed by atoms with Crippen LogP contribution in [0.25, 0.3) is 0 Å². The molecule has 2 aliphatic heterocycles. The highest BCUT2D eigenvalue weighted by atomic mass is 16.5. The minimum atomic E-state index is -0.451. The fourth-order valence-corrected chi connectivity index (χ4v) is 3.56. The van der Waals surface area contributed by atoms with Crippen molar-refractivity contribution in [1.82, 2.24) is 4.90 Å². The summed E-state index contributed by atoms with van der Waals surface area (Å²) in [5.74, 6) is -0.422. The predicted molar refractivity (Wildman–Crippen MR) is 93.7 cm³/mol. The number of carbonyl (C=O) groups is 3. The molecule has 0 radical (unpaired) electrons. The summed E-state index contributed by atoms with van der Waals surface area (Å²) in [6, 6.07) is 1.67. The Balaban J connectivity index is 1.87. The zero-order valence-corrected chi connectivity index (χ0v) is 15.9. The van der Waals surface area contributed by atoms with E-state index in [0.29, 0.717) is 23.5 Å². The van der Waals surface area contributed by atoms with Crippen LogP contribution in [0.3, 0.4) is 0 Å². The largest absolute Gasteiger partial charge is 0.496 e. The zero-order chi connectivity index (χ0) is 19.7. The molecule has 0 aliphatic carbocycles. The molecule has 2 aliphatic rings. The molecule has 146 valence electrons. The predicted octanol–water partition coefficient (Wildman–Crippen LogP) is 1.33. The highest BCUT2D eigenvalue weighted by molar-refractivity contribution is 6.01. The van der Waals surface area contributed by atoms with Gasteiger partial charge < -0.3 is 23.8 Å². The third-order valence-electron chi connectivity index (χ3n) is 4.96. The molecule has 0 saturated heterocycles. The van der Waals surface area contributed by atoms with Gasteiger partial charge in [0.15, 0.2) is 0 Å². The van der Waals surface area contributed by atoms with Gasteiger partial charge in [0.1, 0.15) is 24.1 Å². The molecular weight excluding hydrogens is 354 g/mol. The summed E-state index contributed by atoms with van der Waals surface area (Å²) in [5, 5.41) is 0. The summed E-state index contributed by atoms with van der Waals surface area (Å²) in [5.41, 5.74) is 1.99. The number of hydrogen-bond donors (Lipinski definition) is 0. The molecule has 1 amide bonds. The molecule has 1 aromatic carbocycles. The van der Waals surface area contributed by atoms with Crippen molar-refractivity contribution < 1.29 is 33.3 Å². The zero-order valence-electron chi connectivity index (χ0n) is 15.9. The number of hydrogen-bond acceptors (Lipinski definition) is 7. The first-order valence-corrected chi connectivity index (χ1v) is 8.83. The number of esters is 2. The summed E-state index contributed by atoms with van der Waals surface area (Å²) in [6.07, 6.45) is 0.100. The van der Waals surface area contributed by atoms with Gasteiger partial charge in [-0.15, -0.1) is 0 Å². The number of ether oxygens (including phenoxy) is 4. The third kappa shape index (κ3) is 3.31. The van der Waals surface area contributed by atoms with Gasteiger partial charge in [0.05, 0.1) is 38.9 Å². The SMILES string of the molecule is CCOC(=O)CN1Cc2c(cc3c(c2OC)C[C@@H]([C@@H](C)C(=O)OC)O3)C1=O. The number of benzene rings is 1. The van der Waals surface area contributed by atoms with E-state index in [1.54, 1.807) is 19.9 Å². The molecule has 0 fully saturated rings. The van der Waals surface area contributed by atoms with Crippen molar-refractivity contribution >= 4 is 17.8 Å². The Hall–Kier alpha value is -2.77. The van der Waals surface area contributed by atoms with Crippen LogP contribution in [0.5, 0.6) is 11.5 Å². The fourth-order valence-electron chi connectivity index (χ4n) is 3.56. The van der Waals surface area contributed by atoms with Gasteiger partial charge in [0.2, 0.25) is 0 Å². The highest BCUT2D eigenvalue weighted by Gasteiger charge is 2.40. The summed E-state index contributed by atoms with van der Waals surface area (Å²) in [6.45, 7) is 3.88. The minimum absolute atomic E-state index is 0.113. The van der Waals surface area contributed by atoms with Crippen LogP contribution in [0, 0.1) is 5.92 Å². The number of amides is 1. The van der Waals surface area contributed by atoms with Crippen LogP contribution in [0.2, 0.25) is 0 Å². The van der Waals surface area contributed by atoms with E-state index in [9.17, 15) is 14.4 Å². The Bertz CT molecular complexity index is 789. The lowest BCUT2D eigenvalue weighted by Crippen LogP contribution is -2.31. The van der Waals surface area contributed by atoms with Crippen molar-refractivity contribution in [2.24, 2.45) is 5.92 Å². The second-order valence-electron chi connectivity index (χ2n) is 6.55. The van der Waals surface area contributed by atoms with E-state index >= 15 is 0 Å². The van der Waals surface area contributed by atoms with Gasteiger partial charge in [0.25, 0.3) is 5.91 Å². The van der Waals surface area contributed by atoms with Crippen molar-refractivity contribution in [3.8, 4) is 11.5 Å². The van der Waals surface area contributed by atoms with Gasteiger partial charge >= 0.3 is 11.9 Å². The molecule has 0 N–H and O–H groups in total. The number of rotatable bonds is 6. The topological polar surface area (TPSA) is 91.4 Å². The lowest BCUT2D eigenvalue weighted by atomic mass is 9.96. The van der Waals surface area contributed by atoms with Gasteiger partial charge in [0, 0.05) is 17.5 Å². The number of carbonyl (C=O) groups excluding carboxylic acids is 3. The fraction of sp³-hybridized carbons (Fsp3) is 0.526. The van der Waals surface area contributed by atoms with Crippen LogP contribution in [0.1, 0.15) is 35.3 Å². The number of nitrogens with zero attached hydrogens (tertiary/aromatic N) is 1. The lowest BCUT2D eigenvalue weighted by molar-refractivity contribution is -0.147. The van der Waals surface area contributed by atoms with E-state index in [2.05, 4.69) is 0 Å². The van der Waals surface area contributed by atoms with Crippen LogP contribution >= 0.6 is 0 Å². The Kier molecular flexibility index (Phi) is 5.25. The molecule has 8 heteroatoms. The van der Waals surface area contributed by atoms with Crippen molar-refractivity contribution in [2.75, 3.05) is 27.4 Å². The maximum atomic E-state index is 12.7. The summed E-state index contributed by atoms with van der Waals surface area (Å²) >= 11 is 0. The van der Waals surface area contributed by atoms with Gasteiger partial charge in [-0.3, -0.25) is 14.4 Å². The number of fused-ring (bicyclic) bond motifs is 2. The first-order valence-electron chi connectivity index (χ1n) is 8.83. The first kappa shape index (κ1) is 19.0.